The molecule has 1 unspecified atom stereocenters. The number of benzene rings is 1. The normalized spacial score (nSPS) is 12.5. The predicted octanol–water partition coefficient (Wildman–Crippen LogP) is 2.55. The zero-order valence-electron chi connectivity index (χ0n) is 9.94. The van der Waals surface area contributed by atoms with E-state index in [9.17, 15) is 0 Å². The number of nitrogens with one attached hydrogen (secondary N) is 1. The van der Waals surface area contributed by atoms with E-state index in [-0.39, 0.29) is 12.1 Å². The molecule has 0 amide bonds. The smallest absolute Gasteiger partial charge is 0.120 e. The van der Waals surface area contributed by atoms with Gasteiger partial charge in [0.05, 0.1) is 6.10 Å². The second-order valence-corrected chi connectivity index (χ2v) is 3.98. The molecule has 16 heavy (non-hydrogen) atoms. The fourth-order valence-corrected chi connectivity index (χ4v) is 1.54. The topological polar surface area (TPSA) is 47.3 Å². The van der Waals surface area contributed by atoms with Crippen LogP contribution in [0.4, 0.5) is 0 Å². The minimum atomic E-state index is 0.0909. The summed E-state index contributed by atoms with van der Waals surface area (Å²) in [5, 5.41) is 0. The van der Waals surface area contributed by atoms with Crippen molar-refractivity contribution in [3.05, 3.63) is 42.5 Å². The van der Waals surface area contributed by atoms with Crippen molar-refractivity contribution in [1.82, 2.24) is 5.43 Å². The Morgan fingerprint density at radius 3 is 2.81 bits per heavy atom. The first-order valence-electron chi connectivity index (χ1n) is 5.51. The standard InChI is InChI=1S/C13H20N2O/c1-4-6-13(15-14)11-7-5-8-12(9-11)16-10(2)3/h4-5,7-10,13,15H,1,6,14H2,2-3H3. The molecular formula is C13H20N2O. The lowest BCUT2D eigenvalue weighted by molar-refractivity contribution is 0.242. The van der Waals surface area contributed by atoms with Gasteiger partial charge in [-0.1, -0.05) is 18.2 Å². The first-order chi connectivity index (χ1) is 7.67. The highest BCUT2D eigenvalue weighted by molar-refractivity contribution is 5.31. The average Bonchev–Trinajstić information content (AvgIpc) is 2.25. The summed E-state index contributed by atoms with van der Waals surface area (Å²) in [6, 6.07) is 8.05. The Morgan fingerprint density at radius 2 is 2.25 bits per heavy atom. The molecule has 0 heterocycles. The van der Waals surface area contributed by atoms with Gasteiger partial charge >= 0.3 is 0 Å². The van der Waals surface area contributed by atoms with Gasteiger partial charge in [0.15, 0.2) is 0 Å². The molecule has 0 aliphatic carbocycles. The second kappa shape index (κ2) is 6.30. The van der Waals surface area contributed by atoms with Crippen LogP contribution < -0.4 is 16.0 Å². The molecule has 0 aromatic heterocycles. The third-order valence-corrected chi connectivity index (χ3v) is 2.24. The lowest BCUT2D eigenvalue weighted by Gasteiger charge is -2.16. The van der Waals surface area contributed by atoms with Gasteiger partial charge in [-0.15, -0.1) is 6.58 Å². The Labute approximate surface area is 97.3 Å². The largest absolute Gasteiger partial charge is 0.491 e. The molecule has 0 aliphatic rings. The quantitative estimate of drug-likeness (QED) is 0.440. The number of nitrogens with two attached hydrogens (primary N) is 1. The van der Waals surface area contributed by atoms with Crippen molar-refractivity contribution in [1.29, 1.82) is 0 Å². The molecule has 3 N–H and O–H groups in total. The van der Waals surface area contributed by atoms with E-state index in [0.29, 0.717) is 0 Å². The van der Waals surface area contributed by atoms with Crippen molar-refractivity contribution in [3.8, 4) is 5.75 Å². The molecule has 1 aromatic carbocycles. The van der Waals surface area contributed by atoms with E-state index in [2.05, 4.69) is 12.0 Å². The molecule has 1 atom stereocenters. The molecule has 0 spiro atoms. The number of hydrogen-bond acceptors (Lipinski definition) is 3. The first-order valence-corrected chi connectivity index (χ1v) is 5.51. The van der Waals surface area contributed by atoms with E-state index in [4.69, 9.17) is 10.6 Å². The van der Waals surface area contributed by atoms with Crippen LogP contribution in [0.15, 0.2) is 36.9 Å². The Balaban J connectivity index is 2.83. The highest BCUT2D eigenvalue weighted by atomic mass is 16.5. The van der Waals surface area contributed by atoms with Gasteiger partial charge in [0, 0.05) is 6.04 Å². The van der Waals surface area contributed by atoms with E-state index >= 15 is 0 Å². The lowest BCUT2D eigenvalue weighted by Crippen LogP contribution is -2.27. The molecule has 1 aromatic rings. The fourth-order valence-electron chi connectivity index (χ4n) is 1.54. The molecule has 3 heteroatoms. The zero-order chi connectivity index (χ0) is 12.0. The highest BCUT2D eigenvalue weighted by Gasteiger charge is 2.08. The van der Waals surface area contributed by atoms with Crippen molar-refractivity contribution in [2.45, 2.75) is 32.4 Å². The van der Waals surface area contributed by atoms with Gasteiger partial charge < -0.3 is 4.74 Å². The molecule has 0 fully saturated rings. The van der Waals surface area contributed by atoms with Crippen molar-refractivity contribution < 1.29 is 4.74 Å². The Kier molecular flexibility index (Phi) is 5.02. The summed E-state index contributed by atoms with van der Waals surface area (Å²) < 4.78 is 5.63. The van der Waals surface area contributed by atoms with Crippen molar-refractivity contribution >= 4 is 0 Å². The zero-order valence-corrected chi connectivity index (χ0v) is 9.94. The van der Waals surface area contributed by atoms with Crippen molar-refractivity contribution in [2.24, 2.45) is 5.84 Å². The monoisotopic (exact) mass is 220 g/mol. The number of rotatable bonds is 6. The first kappa shape index (κ1) is 12.7. The minimum Gasteiger partial charge on any atom is -0.491 e. The van der Waals surface area contributed by atoms with Gasteiger partial charge in [0.25, 0.3) is 0 Å². The lowest BCUT2D eigenvalue weighted by atomic mass is 10.0. The van der Waals surface area contributed by atoms with E-state index in [1.54, 1.807) is 0 Å². The van der Waals surface area contributed by atoms with Crippen molar-refractivity contribution in [3.63, 3.8) is 0 Å². The van der Waals surface area contributed by atoms with Gasteiger partial charge in [0.1, 0.15) is 5.75 Å². The second-order valence-electron chi connectivity index (χ2n) is 3.98. The summed E-state index contributed by atoms with van der Waals surface area (Å²) in [6.45, 7) is 7.74. The molecule has 88 valence electrons. The number of ether oxygens (including phenoxy) is 1. The van der Waals surface area contributed by atoms with Crippen molar-refractivity contribution in [2.75, 3.05) is 0 Å². The van der Waals surface area contributed by atoms with Gasteiger partial charge in [-0.2, -0.15) is 0 Å². The summed E-state index contributed by atoms with van der Waals surface area (Å²) in [6.07, 6.45) is 2.82. The van der Waals surface area contributed by atoms with Gasteiger partial charge in [-0.25, -0.2) is 0 Å². The maximum Gasteiger partial charge on any atom is 0.120 e. The summed E-state index contributed by atoms with van der Waals surface area (Å²) >= 11 is 0. The molecule has 0 saturated heterocycles. The van der Waals surface area contributed by atoms with Crippen LogP contribution in [0.2, 0.25) is 0 Å². The van der Waals surface area contributed by atoms with Gasteiger partial charge in [-0.3, -0.25) is 11.3 Å². The number of hydrogen-bond donors (Lipinski definition) is 2. The maximum atomic E-state index is 5.63. The average molecular weight is 220 g/mol. The maximum absolute atomic E-state index is 5.63. The summed E-state index contributed by atoms with van der Waals surface area (Å²) in [5.41, 5.74) is 3.88. The predicted molar refractivity (Wildman–Crippen MR) is 67.1 cm³/mol. The van der Waals surface area contributed by atoms with Crippen LogP contribution >= 0.6 is 0 Å². The molecule has 1 rings (SSSR count). The Morgan fingerprint density at radius 1 is 1.50 bits per heavy atom. The van der Waals surface area contributed by atoms with Crippen LogP contribution in [0.5, 0.6) is 5.75 Å². The molecule has 0 saturated carbocycles. The minimum absolute atomic E-state index is 0.0909. The SMILES string of the molecule is C=CCC(NN)c1cccc(OC(C)C)c1. The van der Waals surface area contributed by atoms with Crippen LogP contribution in [0.3, 0.4) is 0 Å². The number of hydrazine groups is 1. The summed E-state index contributed by atoms with van der Waals surface area (Å²) in [4.78, 5) is 0. The van der Waals surface area contributed by atoms with Crippen LogP contribution in [-0.2, 0) is 0 Å². The van der Waals surface area contributed by atoms with E-state index < -0.39 is 0 Å². The molecule has 3 nitrogen and oxygen atoms in total. The third-order valence-electron chi connectivity index (χ3n) is 2.24. The molecule has 0 radical (unpaired) electrons. The van der Waals surface area contributed by atoms with Crippen LogP contribution in [-0.4, -0.2) is 6.10 Å². The summed E-state index contributed by atoms with van der Waals surface area (Å²) in [7, 11) is 0. The fraction of sp³-hybridized carbons (Fsp3) is 0.385. The molecule has 0 aliphatic heterocycles. The highest BCUT2D eigenvalue weighted by Crippen LogP contribution is 2.22. The van der Waals surface area contributed by atoms with Gasteiger partial charge in [0.2, 0.25) is 0 Å². The van der Waals surface area contributed by atoms with Gasteiger partial charge in [-0.05, 0) is 38.0 Å². The van der Waals surface area contributed by atoms with Crippen LogP contribution in [0.25, 0.3) is 0 Å². The molecular weight excluding hydrogens is 200 g/mol. The third kappa shape index (κ3) is 3.68. The van der Waals surface area contributed by atoms with E-state index in [0.717, 1.165) is 17.7 Å². The Hall–Kier alpha value is -1.32. The van der Waals surface area contributed by atoms with Crippen LogP contribution in [0.1, 0.15) is 31.9 Å². The molecule has 0 bridgehead atoms. The van der Waals surface area contributed by atoms with E-state index in [1.807, 2.05) is 44.2 Å². The van der Waals surface area contributed by atoms with Crippen LogP contribution in [0, 0.1) is 0 Å². The summed E-state index contributed by atoms with van der Waals surface area (Å²) in [5.74, 6) is 6.38. The Bertz CT molecular complexity index is 336. The van der Waals surface area contributed by atoms with E-state index in [1.165, 1.54) is 0 Å².